The number of nitrogens with zero attached hydrogens (tertiary/aromatic N) is 3. The zero-order chi connectivity index (χ0) is 17.1. The highest BCUT2D eigenvalue weighted by Gasteiger charge is 2.07. The average Bonchev–Trinajstić information content (AvgIpc) is 2.60. The lowest BCUT2D eigenvalue weighted by Crippen LogP contribution is -2.10. The molecule has 116 valence electrons. The van der Waals surface area contributed by atoms with Crippen LogP contribution in [0.3, 0.4) is 0 Å². The fourth-order valence-electron chi connectivity index (χ4n) is 2.22. The molecule has 3 rings (SSSR count). The van der Waals surface area contributed by atoms with Gasteiger partial charge in [-0.1, -0.05) is 12.0 Å². The van der Waals surface area contributed by atoms with E-state index in [4.69, 9.17) is 23.3 Å². The standard InChI is InChI=1S/C18H14N6/c1-2-11-3-4-13-10-22-18(21)16(15(13)9-11)24-23-14-7-5-12(6-8-14)17(19)20/h1,3-10H,(H3,19,20)(H2,21,22). The van der Waals surface area contributed by atoms with E-state index in [1.54, 1.807) is 30.5 Å². The molecule has 0 unspecified atom stereocenters. The molecule has 0 saturated heterocycles. The first-order chi connectivity index (χ1) is 11.6. The van der Waals surface area contributed by atoms with Gasteiger partial charge in [0.25, 0.3) is 0 Å². The normalized spacial score (nSPS) is 10.8. The number of hydrogen-bond acceptors (Lipinski definition) is 5. The maximum absolute atomic E-state index is 7.38. The van der Waals surface area contributed by atoms with E-state index in [-0.39, 0.29) is 11.7 Å². The van der Waals surface area contributed by atoms with Crippen molar-refractivity contribution in [2.75, 3.05) is 5.73 Å². The summed E-state index contributed by atoms with van der Waals surface area (Å²) < 4.78 is 0. The highest BCUT2D eigenvalue weighted by molar-refractivity contribution is 5.97. The van der Waals surface area contributed by atoms with Crippen molar-refractivity contribution in [2.24, 2.45) is 16.0 Å². The zero-order valence-electron chi connectivity index (χ0n) is 12.7. The van der Waals surface area contributed by atoms with Crippen molar-refractivity contribution < 1.29 is 0 Å². The van der Waals surface area contributed by atoms with Crippen molar-refractivity contribution in [2.45, 2.75) is 0 Å². The third-order valence-electron chi connectivity index (χ3n) is 3.50. The topological polar surface area (TPSA) is 113 Å². The second-order valence-electron chi connectivity index (χ2n) is 5.10. The molecule has 0 aliphatic rings. The average molecular weight is 314 g/mol. The number of nitrogens with one attached hydrogen (secondary N) is 1. The number of anilines is 1. The molecule has 6 heteroatoms. The van der Waals surface area contributed by atoms with Crippen LogP contribution in [0, 0.1) is 17.8 Å². The fourth-order valence-corrected chi connectivity index (χ4v) is 2.22. The number of rotatable bonds is 3. The summed E-state index contributed by atoms with van der Waals surface area (Å²) in [5, 5.41) is 17.5. The summed E-state index contributed by atoms with van der Waals surface area (Å²) in [6.45, 7) is 0. The second kappa shape index (κ2) is 6.18. The van der Waals surface area contributed by atoms with Gasteiger partial charge in [0, 0.05) is 28.1 Å². The molecule has 1 heterocycles. The Balaban J connectivity index is 2.04. The quantitative estimate of drug-likeness (QED) is 0.297. The van der Waals surface area contributed by atoms with Crippen molar-refractivity contribution in [3.8, 4) is 12.3 Å². The maximum atomic E-state index is 7.38. The van der Waals surface area contributed by atoms with Gasteiger partial charge in [-0.15, -0.1) is 11.5 Å². The van der Waals surface area contributed by atoms with Crippen LogP contribution in [0.4, 0.5) is 17.2 Å². The number of nitrogens with two attached hydrogens (primary N) is 2. The van der Waals surface area contributed by atoms with E-state index < -0.39 is 0 Å². The Hall–Kier alpha value is -3.72. The van der Waals surface area contributed by atoms with Crippen molar-refractivity contribution in [3.05, 3.63) is 59.8 Å². The molecule has 5 N–H and O–H groups in total. The van der Waals surface area contributed by atoms with Gasteiger partial charge < -0.3 is 11.5 Å². The molecule has 0 bridgehead atoms. The van der Waals surface area contributed by atoms with Crippen LogP contribution in [-0.4, -0.2) is 10.8 Å². The number of azo groups is 1. The Kier molecular flexibility index (Phi) is 3.91. The summed E-state index contributed by atoms with van der Waals surface area (Å²) >= 11 is 0. The molecule has 0 aliphatic heterocycles. The number of benzene rings is 2. The van der Waals surface area contributed by atoms with Crippen molar-refractivity contribution >= 4 is 33.8 Å². The molecule has 0 amide bonds. The van der Waals surface area contributed by atoms with Gasteiger partial charge >= 0.3 is 0 Å². The summed E-state index contributed by atoms with van der Waals surface area (Å²) in [6.07, 6.45) is 7.13. The third-order valence-corrected chi connectivity index (χ3v) is 3.50. The minimum absolute atomic E-state index is 0.00259. The first-order valence-corrected chi connectivity index (χ1v) is 7.09. The van der Waals surface area contributed by atoms with E-state index in [1.165, 1.54) is 0 Å². The molecule has 1 aromatic heterocycles. The number of fused-ring (bicyclic) bond motifs is 1. The highest BCUT2D eigenvalue weighted by Crippen LogP contribution is 2.32. The lowest BCUT2D eigenvalue weighted by Gasteiger charge is -2.05. The number of pyridine rings is 1. The monoisotopic (exact) mass is 314 g/mol. The zero-order valence-corrected chi connectivity index (χ0v) is 12.7. The molecule has 0 fully saturated rings. The van der Waals surface area contributed by atoms with Crippen molar-refractivity contribution in [1.82, 2.24) is 4.98 Å². The molecule has 0 atom stereocenters. The van der Waals surface area contributed by atoms with E-state index in [2.05, 4.69) is 21.1 Å². The van der Waals surface area contributed by atoms with E-state index in [9.17, 15) is 0 Å². The Labute approximate surface area is 138 Å². The number of hydrogen-bond donors (Lipinski definition) is 3. The first kappa shape index (κ1) is 15.2. The maximum Gasteiger partial charge on any atom is 0.151 e. The van der Waals surface area contributed by atoms with Gasteiger partial charge in [-0.25, -0.2) is 4.98 Å². The van der Waals surface area contributed by atoms with Crippen LogP contribution < -0.4 is 11.5 Å². The van der Waals surface area contributed by atoms with Crippen molar-refractivity contribution in [1.29, 1.82) is 5.41 Å². The lowest BCUT2D eigenvalue weighted by molar-refractivity contribution is 1.22. The van der Waals surface area contributed by atoms with Gasteiger partial charge in [0.05, 0.1) is 5.69 Å². The number of amidine groups is 1. The van der Waals surface area contributed by atoms with Gasteiger partial charge in [-0.3, -0.25) is 5.41 Å². The smallest absolute Gasteiger partial charge is 0.151 e. The van der Waals surface area contributed by atoms with Crippen LogP contribution >= 0.6 is 0 Å². The van der Waals surface area contributed by atoms with E-state index >= 15 is 0 Å². The predicted octanol–water partition coefficient (Wildman–Crippen LogP) is 3.50. The lowest BCUT2D eigenvalue weighted by atomic mass is 10.1. The largest absolute Gasteiger partial charge is 0.384 e. The molecule has 0 spiro atoms. The summed E-state index contributed by atoms with van der Waals surface area (Å²) in [5.41, 5.74) is 13.8. The Morgan fingerprint density at radius 3 is 2.54 bits per heavy atom. The number of terminal acetylenes is 1. The summed E-state index contributed by atoms with van der Waals surface area (Å²) in [5.74, 6) is 2.87. The Bertz CT molecular complexity index is 996. The molecule has 2 aromatic carbocycles. The highest BCUT2D eigenvalue weighted by atomic mass is 15.1. The summed E-state index contributed by atoms with van der Waals surface area (Å²) in [6, 6.07) is 12.4. The molecule has 3 aromatic rings. The predicted molar refractivity (Wildman–Crippen MR) is 95.7 cm³/mol. The molecule has 0 radical (unpaired) electrons. The van der Waals surface area contributed by atoms with Gasteiger partial charge in [0.2, 0.25) is 0 Å². The molecule has 24 heavy (non-hydrogen) atoms. The van der Waals surface area contributed by atoms with Gasteiger partial charge in [-0.05, 0) is 36.4 Å². The first-order valence-electron chi connectivity index (χ1n) is 7.09. The van der Waals surface area contributed by atoms with Crippen molar-refractivity contribution in [3.63, 3.8) is 0 Å². The second-order valence-corrected chi connectivity index (χ2v) is 5.10. The van der Waals surface area contributed by atoms with Gasteiger partial charge in [0.1, 0.15) is 11.5 Å². The van der Waals surface area contributed by atoms with E-state index in [1.807, 2.05) is 18.2 Å². The van der Waals surface area contributed by atoms with Gasteiger partial charge in [-0.2, -0.15) is 5.11 Å². The van der Waals surface area contributed by atoms with Crippen LogP contribution in [0.25, 0.3) is 10.8 Å². The number of nitrogen functional groups attached to an aromatic ring is 2. The molecule has 0 aliphatic carbocycles. The van der Waals surface area contributed by atoms with Gasteiger partial charge in [0.15, 0.2) is 5.82 Å². The van der Waals surface area contributed by atoms with E-state index in [0.717, 1.165) is 16.3 Å². The molecular formula is C18H14N6. The molecule has 6 nitrogen and oxygen atoms in total. The minimum Gasteiger partial charge on any atom is -0.384 e. The Morgan fingerprint density at radius 1 is 1.12 bits per heavy atom. The fraction of sp³-hybridized carbons (Fsp3) is 0. The summed E-state index contributed by atoms with van der Waals surface area (Å²) in [7, 11) is 0. The van der Waals surface area contributed by atoms with Crippen LogP contribution in [0.2, 0.25) is 0 Å². The SMILES string of the molecule is C#Cc1ccc2cnc(N)c(N=Nc3ccc(C(=N)N)cc3)c2c1. The van der Waals surface area contributed by atoms with Crippen LogP contribution in [0.15, 0.2) is 58.9 Å². The molecular weight excluding hydrogens is 300 g/mol. The van der Waals surface area contributed by atoms with Crippen LogP contribution in [0.1, 0.15) is 11.1 Å². The Morgan fingerprint density at radius 2 is 1.88 bits per heavy atom. The number of aromatic nitrogens is 1. The minimum atomic E-state index is 0.00259. The summed E-state index contributed by atoms with van der Waals surface area (Å²) in [4.78, 5) is 4.14. The van der Waals surface area contributed by atoms with Crippen LogP contribution in [-0.2, 0) is 0 Å². The third kappa shape index (κ3) is 2.91. The van der Waals surface area contributed by atoms with Crippen LogP contribution in [0.5, 0.6) is 0 Å². The molecule has 0 saturated carbocycles. The van der Waals surface area contributed by atoms with E-state index in [0.29, 0.717) is 16.9 Å².